The Kier molecular flexibility index (Phi) is 4.78. The van der Waals surface area contributed by atoms with E-state index in [1.807, 2.05) is 32.0 Å². The zero-order valence-corrected chi connectivity index (χ0v) is 17.1. The molecule has 0 saturated heterocycles. The average Bonchev–Trinajstić information content (AvgIpc) is 3.31. The number of Topliss-reactive ketones (excluding diaryl/α,β-unsaturated/α-hetero) is 1. The summed E-state index contributed by atoms with van der Waals surface area (Å²) < 4.78 is 5.05. The molecule has 2 aromatic rings. The Bertz CT molecular complexity index is 965. The number of aryl methyl sites for hydroxylation is 1. The second-order valence-electron chi connectivity index (χ2n) is 6.97. The smallest absolute Gasteiger partial charge is 0.336 e. The van der Waals surface area contributed by atoms with Crippen LogP contribution in [0.2, 0.25) is 0 Å². The number of carbonyl (C=O) groups excluding carboxylic acids is 2. The van der Waals surface area contributed by atoms with Gasteiger partial charge in [0.25, 0.3) is 0 Å². The fraction of sp³-hybridized carbons (Fsp3) is 0.333. The minimum Gasteiger partial charge on any atom is -0.466 e. The van der Waals surface area contributed by atoms with Crippen molar-refractivity contribution in [1.82, 2.24) is 5.32 Å². The van der Waals surface area contributed by atoms with E-state index >= 15 is 0 Å². The monoisotopic (exact) mass is 399 g/mol. The number of ether oxygens (including phenoxy) is 1. The third-order valence-corrected chi connectivity index (χ3v) is 7.32. The molecule has 0 bridgehead atoms. The second-order valence-corrected chi connectivity index (χ2v) is 9.27. The molecular weight excluding hydrogens is 378 g/mol. The third-order valence-electron chi connectivity index (χ3n) is 5.22. The lowest BCUT2D eigenvalue weighted by Crippen LogP contribution is -2.35. The van der Waals surface area contributed by atoms with Gasteiger partial charge >= 0.3 is 5.97 Å². The normalized spacial score (nSPS) is 22.6. The standard InChI is InChI=1S/C21H21NO3S2/c1-11-6-7-17(27-11)20-18(21(24)25-3)12(2)22-14-9-13(10-15(23)19(14)20)16-5-4-8-26-16/h4-8,13,20,22H,9-10H2,1-3H3/t13-,20+/m1/s1. The van der Waals surface area contributed by atoms with Crippen LogP contribution in [0.3, 0.4) is 0 Å². The first-order chi connectivity index (χ1) is 13.0. The van der Waals surface area contributed by atoms with Crippen molar-refractivity contribution in [3.05, 3.63) is 66.8 Å². The summed E-state index contributed by atoms with van der Waals surface area (Å²) in [6, 6.07) is 8.18. The highest BCUT2D eigenvalue weighted by Crippen LogP contribution is 2.47. The molecule has 0 fully saturated rings. The van der Waals surface area contributed by atoms with Gasteiger partial charge in [-0.3, -0.25) is 4.79 Å². The van der Waals surface area contributed by atoms with Crippen molar-refractivity contribution >= 4 is 34.4 Å². The van der Waals surface area contributed by atoms with E-state index < -0.39 is 0 Å². The minimum absolute atomic E-state index is 0.118. The topological polar surface area (TPSA) is 55.4 Å². The van der Waals surface area contributed by atoms with Crippen LogP contribution in [0.5, 0.6) is 0 Å². The first kappa shape index (κ1) is 18.2. The average molecular weight is 400 g/mol. The maximum absolute atomic E-state index is 13.2. The lowest BCUT2D eigenvalue weighted by atomic mass is 9.74. The highest BCUT2D eigenvalue weighted by molar-refractivity contribution is 7.12. The van der Waals surface area contributed by atoms with E-state index in [2.05, 4.69) is 16.8 Å². The van der Waals surface area contributed by atoms with Crippen molar-refractivity contribution < 1.29 is 14.3 Å². The van der Waals surface area contributed by atoms with Gasteiger partial charge in [-0.2, -0.15) is 0 Å². The van der Waals surface area contributed by atoms with Crippen molar-refractivity contribution in [2.75, 3.05) is 7.11 Å². The minimum atomic E-state index is -0.379. The Morgan fingerprint density at radius 2 is 2.00 bits per heavy atom. The molecule has 140 valence electrons. The van der Waals surface area contributed by atoms with E-state index in [4.69, 9.17) is 4.74 Å². The molecule has 2 aliphatic rings. The van der Waals surface area contributed by atoms with Crippen LogP contribution in [0.15, 0.2) is 52.2 Å². The van der Waals surface area contributed by atoms with Crippen LogP contribution in [0.1, 0.15) is 46.2 Å². The number of allylic oxidation sites excluding steroid dienone is 3. The van der Waals surface area contributed by atoms with Crippen LogP contribution in [-0.2, 0) is 14.3 Å². The molecule has 0 radical (unpaired) electrons. The fourth-order valence-electron chi connectivity index (χ4n) is 4.04. The molecule has 0 saturated carbocycles. The maximum atomic E-state index is 13.2. The van der Waals surface area contributed by atoms with E-state index in [0.29, 0.717) is 12.0 Å². The number of methoxy groups -OCH3 is 1. The molecule has 6 heteroatoms. The molecule has 0 aromatic carbocycles. The molecule has 0 spiro atoms. The highest BCUT2D eigenvalue weighted by atomic mass is 32.1. The van der Waals surface area contributed by atoms with Gasteiger partial charge in [0.1, 0.15) is 0 Å². The third kappa shape index (κ3) is 3.17. The molecule has 0 unspecified atom stereocenters. The summed E-state index contributed by atoms with van der Waals surface area (Å²) in [6.45, 7) is 3.93. The van der Waals surface area contributed by atoms with Crippen molar-refractivity contribution in [1.29, 1.82) is 0 Å². The van der Waals surface area contributed by atoms with E-state index in [1.54, 1.807) is 22.7 Å². The van der Waals surface area contributed by atoms with Gasteiger partial charge in [0, 0.05) is 43.9 Å². The van der Waals surface area contributed by atoms with Gasteiger partial charge in [0.15, 0.2) is 5.78 Å². The Morgan fingerprint density at radius 1 is 1.19 bits per heavy atom. The number of hydrogen-bond donors (Lipinski definition) is 1. The highest BCUT2D eigenvalue weighted by Gasteiger charge is 2.41. The van der Waals surface area contributed by atoms with Crippen molar-refractivity contribution in [2.24, 2.45) is 0 Å². The molecule has 2 atom stereocenters. The predicted molar refractivity (Wildman–Crippen MR) is 108 cm³/mol. The van der Waals surface area contributed by atoms with E-state index in [-0.39, 0.29) is 23.6 Å². The largest absolute Gasteiger partial charge is 0.466 e. The molecule has 0 amide bonds. The fourth-order valence-corrected chi connectivity index (χ4v) is 5.87. The maximum Gasteiger partial charge on any atom is 0.336 e. The van der Waals surface area contributed by atoms with E-state index in [1.165, 1.54) is 12.0 Å². The van der Waals surface area contributed by atoms with Crippen LogP contribution >= 0.6 is 22.7 Å². The molecule has 3 heterocycles. The number of carbonyl (C=O) groups is 2. The Morgan fingerprint density at radius 3 is 2.63 bits per heavy atom. The number of esters is 1. The zero-order valence-electron chi connectivity index (χ0n) is 15.5. The van der Waals surface area contributed by atoms with Crippen LogP contribution < -0.4 is 5.32 Å². The Balaban J connectivity index is 1.81. The van der Waals surface area contributed by atoms with Gasteiger partial charge in [-0.1, -0.05) is 6.07 Å². The van der Waals surface area contributed by atoms with E-state index in [0.717, 1.165) is 33.1 Å². The molecule has 4 nitrogen and oxygen atoms in total. The van der Waals surface area contributed by atoms with Gasteiger partial charge in [-0.15, -0.1) is 22.7 Å². The molecule has 1 N–H and O–H groups in total. The van der Waals surface area contributed by atoms with Gasteiger partial charge in [0.05, 0.1) is 18.6 Å². The molecule has 2 aromatic heterocycles. The van der Waals surface area contributed by atoms with E-state index in [9.17, 15) is 9.59 Å². The number of ketones is 1. The number of dihydropyridines is 1. The quantitative estimate of drug-likeness (QED) is 0.763. The first-order valence-electron chi connectivity index (χ1n) is 8.91. The lowest BCUT2D eigenvalue weighted by Gasteiger charge is -2.35. The summed E-state index contributed by atoms with van der Waals surface area (Å²) in [7, 11) is 1.39. The predicted octanol–water partition coefficient (Wildman–Crippen LogP) is 4.65. The van der Waals surface area contributed by atoms with Gasteiger partial charge in [0.2, 0.25) is 0 Å². The van der Waals surface area contributed by atoms with Crippen LogP contribution in [0.4, 0.5) is 0 Å². The summed E-state index contributed by atoms with van der Waals surface area (Å²) in [5, 5.41) is 5.41. The van der Waals surface area contributed by atoms with Crippen LogP contribution in [0.25, 0.3) is 0 Å². The SMILES string of the molecule is COC(=O)C1=C(C)NC2=C(C(=O)C[C@H](c3cccs3)C2)[C@H]1c1ccc(C)s1. The Labute approximate surface area is 166 Å². The second kappa shape index (κ2) is 7.09. The summed E-state index contributed by atoms with van der Waals surface area (Å²) in [5.74, 6) is -0.408. The van der Waals surface area contributed by atoms with Crippen molar-refractivity contribution in [3.63, 3.8) is 0 Å². The summed E-state index contributed by atoms with van der Waals surface area (Å²) >= 11 is 3.32. The summed E-state index contributed by atoms with van der Waals surface area (Å²) in [5.41, 5.74) is 3.00. The first-order valence-corrected chi connectivity index (χ1v) is 10.6. The van der Waals surface area contributed by atoms with Crippen LogP contribution in [-0.4, -0.2) is 18.9 Å². The van der Waals surface area contributed by atoms with Crippen molar-refractivity contribution in [3.8, 4) is 0 Å². The van der Waals surface area contributed by atoms with Gasteiger partial charge in [-0.25, -0.2) is 4.79 Å². The molecule has 1 aliphatic carbocycles. The molecule has 27 heavy (non-hydrogen) atoms. The Hall–Kier alpha value is -2.18. The lowest BCUT2D eigenvalue weighted by molar-refractivity contribution is -0.136. The number of hydrogen-bond acceptors (Lipinski definition) is 6. The van der Waals surface area contributed by atoms with Gasteiger partial charge in [-0.05, 0) is 43.8 Å². The van der Waals surface area contributed by atoms with Crippen LogP contribution in [0, 0.1) is 6.92 Å². The molecular formula is C21H21NO3S2. The number of rotatable bonds is 3. The zero-order chi connectivity index (χ0) is 19.1. The summed E-state index contributed by atoms with van der Waals surface area (Å²) in [6.07, 6.45) is 1.27. The molecule has 4 rings (SSSR count). The summed E-state index contributed by atoms with van der Waals surface area (Å²) in [4.78, 5) is 29.2. The number of nitrogens with one attached hydrogen (secondary N) is 1. The van der Waals surface area contributed by atoms with Gasteiger partial charge < -0.3 is 10.1 Å². The molecule has 1 aliphatic heterocycles. The number of thiophene rings is 2. The van der Waals surface area contributed by atoms with Crippen molar-refractivity contribution in [2.45, 2.75) is 38.5 Å².